The quantitative estimate of drug-likeness (QED) is 0.208. The van der Waals surface area contributed by atoms with Crippen LogP contribution in [-0.4, -0.2) is 8.42 Å². The Morgan fingerprint density at radius 1 is 0.718 bits per heavy atom. The number of hydrogen-bond donors (Lipinski definition) is 0. The van der Waals surface area contributed by atoms with Crippen molar-refractivity contribution in [3.63, 3.8) is 0 Å². The van der Waals surface area contributed by atoms with E-state index in [2.05, 4.69) is 18.7 Å². The van der Waals surface area contributed by atoms with Crippen molar-refractivity contribution in [2.45, 2.75) is 30.7 Å². The number of sulfonamides is 1. The maximum atomic E-state index is 14.5. The molecular formula is C34H29NO3S. The molecule has 194 valence electrons. The second-order valence-corrected chi connectivity index (χ2v) is 11.8. The van der Waals surface area contributed by atoms with Crippen LogP contribution in [0.1, 0.15) is 40.0 Å². The van der Waals surface area contributed by atoms with Gasteiger partial charge in [-0.2, -0.15) is 0 Å². The van der Waals surface area contributed by atoms with E-state index in [0.717, 1.165) is 39.2 Å². The van der Waals surface area contributed by atoms with Crippen LogP contribution in [0.4, 0.5) is 5.69 Å². The summed E-state index contributed by atoms with van der Waals surface area (Å²) in [5, 5.41) is 0. The Balaban J connectivity index is 1.65. The van der Waals surface area contributed by atoms with Gasteiger partial charge in [0.25, 0.3) is 10.0 Å². The number of benzene rings is 4. The lowest BCUT2D eigenvalue weighted by molar-refractivity contribution is 0.535. The fourth-order valence-electron chi connectivity index (χ4n) is 5.66. The molecule has 4 aromatic carbocycles. The second-order valence-electron chi connectivity index (χ2n) is 9.95. The van der Waals surface area contributed by atoms with Crippen LogP contribution in [0.2, 0.25) is 0 Å². The van der Waals surface area contributed by atoms with E-state index in [9.17, 15) is 8.42 Å². The zero-order chi connectivity index (χ0) is 27.1. The number of anilines is 1. The number of furan rings is 1. The van der Waals surface area contributed by atoms with Gasteiger partial charge in [0.05, 0.1) is 16.6 Å². The predicted octanol–water partition coefficient (Wildman–Crippen LogP) is 8.20. The molecule has 4 nitrogen and oxygen atoms in total. The molecule has 5 aromatic rings. The molecule has 5 heteroatoms. The number of hydrogen-bond acceptors (Lipinski definition) is 3. The lowest BCUT2D eigenvalue weighted by Gasteiger charge is -2.32. The number of nitrogens with zero attached hydrogens (tertiary/aromatic N) is 1. The first-order valence-electron chi connectivity index (χ1n) is 13.0. The summed E-state index contributed by atoms with van der Waals surface area (Å²) in [6.45, 7) is 8.48. The molecule has 0 fully saturated rings. The van der Waals surface area contributed by atoms with Gasteiger partial charge in [0.15, 0.2) is 0 Å². The van der Waals surface area contributed by atoms with Crippen LogP contribution in [0.5, 0.6) is 0 Å². The van der Waals surface area contributed by atoms with E-state index in [1.165, 1.54) is 4.31 Å². The Kier molecular flexibility index (Phi) is 6.24. The standard InChI is InChI=1S/C34H29NO3S/c1-23-19-21-29(22-20-23)39(36,37)35(28-17-11-6-12-18-28)33-24(2)30(26-13-7-4-8-14-26)31-25(3)38-34(32(31)33)27-15-9-5-10-16-27/h4-22,30,33H,2H2,1,3H3/t30-,33+/m1/s1. The number of fused-ring (bicyclic) bond motifs is 1. The maximum absolute atomic E-state index is 14.5. The van der Waals surface area contributed by atoms with Gasteiger partial charge in [0, 0.05) is 22.6 Å². The minimum absolute atomic E-state index is 0.216. The van der Waals surface area contributed by atoms with Gasteiger partial charge in [-0.15, -0.1) is 0 Å². The highest BCUT2D eigenvalue weighted by molar-refractivity contribution is 7.92. The summed E-state index contributed by atoms with van der Waals surface area (Å²) >= 11 is 0. The first-order valence-corrected chi connectivity index (χ1v) is 14.4. The Morgan fingerprint density at radius 3 is 1.90 bits per heavy atom. The van der Waals surface area contributed by atoms with Crippen molar-refractivity contribution >= 4 is 15.7 Å². The molecular weight excluding hydrogens is 502 g/mol. The van der Waals surface area contributed by atoms with E-state index in [1.54, 1.807) is 12.1 Å². The molecule has 1 aliphatic rings. The summed E-state index contributed by atoms with van der Waals surface area (Å²) in [7, 11) is -3.99. The van der Waals surface area contributed by atoms with Crippen LogP contribution in [0.25, 0.3) is 11.3 Å². The third kappa shape index (κ3) is 4.19. The molecule has 0 unspecified atom stereocenters. The van der Waals surface area contributed by atoms with Crippen molar-refractivity contribution in [2.24, 2.45) is 0 Å². The highest BCUT2D eigenvalue weighted by Gasteiger charge is 2.48. The minimum atomic E-state index is -3.99. The second kappa shape index (κ2) is 9.75. The summed E-state index contributed by atoms with van der Waals surface area (Å²) in [6.07, 6.45) is 0. The van der Waals surface area contributed by atoms with Gasteiger partial charge in [0.1, 0.15) is 11.5 Å². The number of rotatable bonds is 6. The normalized spacial score (nSPS) is 16.7. The van der Waals surface area contributed by atoms with Gasteiger partial charge >= 0.3 is 0 Å². The number of para-hydroxylation sites is 1. The lowest BCUT2D eigenvalue weighted by Crippen LogP contribution is -2.35. The zero-order valence-corrected chi connectivity index (χ0v) is 22.7. The van der Waals surface area contributed by atoms with Crippen molar-refractivity contribution in [2.75, 3.05) is 4.31 Å². The molecule has 0 aliphatic heterocycles. The summed E-state index contributed by atoms with van der Waals surface area (Å²) < 4.78 is 37.1. The van der Waals surface area contributed by atoms with Gasteiger partial charge in [-0.25, -0.2) is 8.42 Å². The third-order valence-electron chi connectivity index (χ3n) is 7.45. The van der Waals surface area contributed by atoms with Gasteiger partial charge < -0.3 is 4.42 Å². The Hall–Kier alpha value is -4.35. The van der Waals surface area contributed by atoms with Crippen LogP contribution in [0, 0.1) is 13.8 Å². The van der Waals surface area contributed by atoms with Crippen molar-refractivity contribution in [1.82, 2.24) is 0 Å². The molecule has 0 saturated carbocycles. The van der Waals surface area contributed by atoms with Crippen LogP contribution >= 0.6 is 0 Å². The first kappa shape index (κ1) is 25.0. The van der Waals surface area contributed by atoms with Crippen LogP contribution in [-0.2, 0) is 10.0 Å². The largest absolute Gasteiger partial charge is 0.461 e. The monoisotopic (exact) mass is 531 g/mol. The van der Waals surface area contributed by atoms with Crippen molar-refractivity contribution < 1.29 is 12.8 Å². The Bertz CT molecular complexity index is 1740. The molecule has 0 saturated heterocycles. The van der Waals surface area contributed by atoms with Gasteiger partial charge in [0.2, 0.25) is 0 Å². The molecule has 39 heavy (non-hydrogen) atoms. The molecule has 1 heterocycles. The fourth-order valence-corrected chi connectivity index (χ4v) is 7.28. The first-order chi connectivity index (χ1) is 18.9. The molecule has 1 aliphatic carbocycles. The van der Waals surface area contributed by atoms with Crippen LogP contribution in [0.3, 0.4) is 0 Å². The summed E-state index contributed by atoms with van der Waals surface area (Å²) in [5.41, 5.74) is 6.13. The Labute approximate surface area is 229 Å². The average molecular weight is 532 g/mol. The van der Waals surface area contributed by atoms with Crippen LogP contribution < -0.4 is 4.31 Å². The molecule has 0 radical (unpaired) electrons. The molecule has 6 rings (SSSR count). The molecule has 0 N–H and O–H groups in total. The van der Waals surface area contributed by atoms with Crippen molar-refractivity contribution in [3.8, 4) is 11.3 Å². The molecule has 2 atom stereocenters. The zero-order valence-electron chi connectivity index (χ0n) is 21.9. The van der Waals surface area contributed by atoms with E-state index in [0.29, 0.717) is 11.4 Å². The van der Waals surface area contributed by atoms with E-state index in [-0.39, 0.29) is 10.8 Å². The smallest absolute Gasteiger partial charge is 0.265 e. The highest BCUT2D eigenvalue weighted by atomic mass is 32.2. The van der Waals surface area contributed by atoms with Gasteiger partial charge in [-0.3, -0.25) is 4.31 Å². The van der Waals surface area contributed by atoms with E-state index >= 15 is 0 Å². The number of aryl methyl sites for hydroxylation is 2. The molecule has 1 aromatic heterocycles. The van der Waals surface area contributed by atoms with Gasteiger partial charge in [-0.05, 0) is 49.2 Å². The summed E-state index contributed by atoms with van der Waals surface area (Å²) in [5.74, 6) is 1.22. The fraction of sp³-hybridized carbons (Fsp3) is 0.118. The summed E-state index contributed by atoms with van der Waals surface area (Å²) in [4.78, 5) is 0.232. The van der Waals surface area contributed by atoms with E-state index in [4.69, 9.17) is 4.42 Å². The molecule has 0 bridgehead atoms. The van der Waals surface area contributed by atoms with Crippen molar-refractivity contribution in [3.05, 3.63) is 155 Å². The van der Waals surface area contributed by atoms with E-state index < -0.39 is 16.1 Å². The van der Waals surface area contributed by atoms with E-state index in [1.807, 2.05) is 105 Å². The average Bonchev–Trinajstić information content (AvgIpc) is 3.44. The molecule has 0 spiro atoms. The topological polar surface area (TPSA) is 50.5 Å². The summed E-state index contributed by atoms with van der Waals surface area (Å²) in [6, 6.07) is 35.6. The minimum Gasteiger partial charge on any atom is -0.461 e. The lowest BCUT2D eigenvalue weighted by atomic mass is 9.90. The van der Waals surface area contributed by atoms with Crippen molar-refractivity contribution in [1.29, 1.82) is 0 Å². The molecule has 0 amide bonds. The predicted molar refractivity (Wildman–Crippen MR) is 156 cm³/mol. The third-order valence-corrected chi connectivity index (χ3v) is 9.25. The van der Waals surface area contributed by atoms with Gasteiger partial charge in [-0.1, -0.05) is 103 Å². The Morgan fingerprint density at radius 2 is 1.28 bits per heavy atom. The SMILES string of the molecule is C=C1[C@H](c2ccccc2)c2c(C)oc(-c3ccccc3)c2[C@H]1N(c1ccccc1)S(=O)(=O)c1ccc(C)cc1. The maximum Gasteiger partial charge on any atom is 0.265 e. The highest BCUT2D eigenvalue weighted by Crippen LogP contribution is 2.57. The van der Waals surface area contributed by atoms with Crippen LogP contribution in [0.15, 0.2) is 137 Å².